The van der Waals surface area contributed by atoms with Gasteiger partial charge in [0.05, 0.1) is 11.3 Å². The van der Waals surface area contributed by atoms with Crippen LogP contribution in [0.15, 0.2) is 72.5 Å². The molecule has 2 saturated heterocycles. The van der Waals surface area contributed by atoms with Crippen LogP contribution in [-0.4, -0.2) is 72.6 Å². The standard InChI is InChI=1S/C14H23N.C13H21N3O.C8H10F2NOP.C4H8.C3H8.C2H4O.CH2O/c1-3-5-7-11-14(10-4-2)15-12-8-6-9-13-15;1-14-10-11-4-2-3-5-13(11)15-12-6-8-16(17)9-7-12;1-4-2-5(8(9,10)13)7(11)6(12)3-4;1-4-2-3-4;1-3-2;1-2-3;1-2/h4-5,7,10-11H,3,6,8-9,12-13H2,1-2H3;2-5,12,14-15,17H,6-10H2,1H3;2-3,12H,11,13H2,1H3;4H,2-3H2,1H3;3H2,1-2H3;2H,1H3;1H2/b7-5+,10-4-,14-11+;;;;;;. The van der Waals surface area contributed by atoms with Gasteiger partial charge in [-0.2, -0.15) is 13.8 Å². The van der Waals surface area contributed by atoms with E-state index in [1.54, 1.807) is 6.92 Å². The van der Waals surface area contributed by atoms with Crippen LogP contribution >= 0.6 is 9.24 Å². The van der Waals surface area contributed by atoms with Crippen LogP contribution in [0.5, 0.6) is 5.75 Å². The number of nitrogens with two attached hydrogens (primary N) is 1. The molecule has 1 atom stereocenters. The number of carbonyl (C=O) groups is 2. The van der Waals surface area contributed by atoms with Crippen molar-refractivity contribution >= 4 is 33.7 Å². The molecule has 1 aliphatic carbocycles. The molecule has 0 radical (unpaired) electrons. The number of piperidine rings is 2. The molecule has 324 valence electrons. The molecule has 2 aromatic carbocycles. The van der Waals surface area contributed by atoms with E-state index in [-0.39, 0.29) is 17.0 Å². The zero-order chi connectivity index (χ0) is 43.6. The smallest absolute Gasteiger partial charge is 0.285 e. The van der Waals surface area contributed by atoms with E-state index in [0.717, 1.165) is 51.1 Å². The number of para-hydroxylation sites is 1. The summed E-state index contributed by atoms with van der Waals surface area (Å²) < 4.78 is 25.7. The Kier molecular flexibility index (Phi) is 33.5. The summed E-state index contributed by atoms with van der Waals surface area (Å²) in [5, 5.41) is 26.7. The number of nitrogens with one attached hydrogen (secondary N) is 2. The number of aryl methyl sites for hydroxylation is 1. The minimum absolute atomic E-state index is 0.273. The molecule has 57 heavy (non-hydrogen) atoms. The first-order chi connectivity index (χ1) is 27.2. The Bertz CT molecular complexity index is 1400. The highest BCUT2D eigenvalue weighted by atomic mass is 31.0. The van der Waals surface area contributed by atoms with Gasteiger partial charge < -0.3 is 41.2 Å². The Labute approximate surface area is 346 Å². The number of hydrogen-bond acceptors (Lipinski definition) is 9. The third-order valence-electron chi connectivity index (χ3n) is 8.44. The molecule has 2 aromatic rings. The molecule has 1 unspecified atom stereocenters. The van der Waals surface area contributed by atoms with Crippen molar-refractivity contribution in [3.05, 3.63) is 89.2 Å². The van der Waals surface area contributed by atoms with Gasteiger partial charge in [-0.05, 0) is 114 Å². The fraction of sp³-hybridized carbons (Fsp3) is 0.556. The van der Waals surface area contributed by atoms with Gasteiger partial charge in [0, 0.05) is 50.2 Å². The first-order valence-electron chi connectivity index (χ1n) is 20.3. The third-order valence-corrected chi connectivity index (χ3v) is 8.75. The van der Waals surface area contributed by atoms with Crippen molar-refractivity contribution in [1.82, 2.24) is 15.3 Å². The van der Waals surface area contributed by atoms with Crippen molar-refractivity contribution in [2.45, 2.75) is 125 Å². The number of aldehydes is 1. The summed E-state index contributed by atoms with van der Waals surface area (Å²) in [6, 6.07) is 11.4. The van der Waals surface area contributed by atoms with Crippen LogP contribution in [0.3, 0.4) is 0 Å². The Balaban J connectivity index is 0. The minimum atomic E-state index is -3.10. The Hall–Kier alpha value is -3.63. The normalized spacial score (nSPS) is 15.6. The number of carbonyl (C=O) groups excluding carboxylic acids is 2. The van der Waals surface area contributed by atoms with Crippen LogP contribution in [0.2, 0.25) is 0 Å². The van der Waals surface area contributed by atoms with E-state index in [1.165, 1.54) is 102 Å². The maximum absolute atomic E-state index is 12.8. The number of phenols is 1. The van der Waals surface area contributed by atoms with Crippen molar-refractivity contribution < 1.29 is 28.7 Å². The number of alkyl halides is 2. The summed E-state index contributed by atoms with van der Waals surface area (Å²) in [7, 11) is 3.34. The van der Waals surface area contributed by atoms with Gasteiger partial charge in [-0.15, -0.1) is 0 Å². The van der Waals surface area contributed by atoms with E-state index < -0.39 is 5.66 Å². The molecule has 3 aliphatic rings. The van der Waals surface area contributed by atoms with Crippen LogP contribution in [0.25, 0.3) is 0 Å². The predicted molar refractivity (Wildman–Crippen MR) is 241 cm³/mol. The van der Waals surface area contributed by atoms with Crippen molar-refractivity contribution in [3.8, 4) is 5.75 Å². The van der Waals surface area contributed by atoms with Crippen LogP contribution in [0.1, 0.15) is 116 Å². The van der Waals surface area contributed by atoms with Gasteiger partial charge >= 0.3 is 0 Å². The number of hydrogen-bond donors (Lipinski definition) is 5. The number of phenolic OH excluding ortho intramolecular Hbond substituents is 1. The number of rotatable bonds is 9. The number of allylic oxidation sites excluding steroid dienone is 5. The molecule has 3 fully saturated rings. The molecule has 9 nitrogen and oxygen atoms in total. The average molecular weight is 820 g/mol. The number of halogens is 2. The van der Waals surface area contributed by atoms with Gasteiger partial charge in [0.1, 0.15) is 18.8 Å². The summed E-state index contributed by atoms with van der Waals surface area (Å²) >= 11 is 0. The van der Waals surface area contributed by atoms with Crippen molar-refractivity contribution in [2.75, 3.05) is 44.3 Å². The van der Waals surface area contributed by atoms with Gasteiger partial charge in [0.25, 0.3) is 5.66 Å². The highest BCUT2D eigenvalue weighted by Gasteiger charge is 2.28. The van der Waals surface area contributed by atoms with E-state index >= 15 is 0 Å². The maximum Gasteiger partial charge on any atom is 0.285 e. The lowest BCUT2D eigenvalue weighted by molar-refractivity contribution is -0.106. The Morgan fingerprint density at radius 1 is 1.02 bits per heavy atom. The summed E-state index contributed by atoms with van der Waals surface area (Å²) in [6.45, 7) is 20.7. The van der Waals surface area contributed by atoms with Crippen molar-refractivity contribution in [1.29, 1.82) is 0 Å². The first kappa shape index (κ1) is 55.5. The van der Waals surface area contributed by atoms with Crippen LogP contribution < -0.4 is 16.4 Å². The fourth-order valence-electron chi connectivity index (χ4n) is 5.35. The van der Waals surface area contributed by atoms with Crippen molar-refractivity contribution in [3.63, 3.8) is 0 Å². The molecule has 0 spiro atoms. The predicted octanol–water partition coefficient (Wildman–Crippen LogP) is 10.6. The molecule has 6 N–H and O–H groups in total. The molecule has 0 amide bonds. The van der Waals surface area contributed by atoms with Gasteiger partial charge in [-0.25, -0.2) is 0 Å². The largest absolute Gasteiger partial charge is 0.506 e. The molecule has 1 saturated carbocycles. The third kappa shape index (κ3) is 27.6. The summed E-state index contributed by atoms with van der Waals surface area (Å²) in [5.41, 5.74) is 5.96. The van der Waals surface area contributed by atoms with Crippen LogP contribution in [0, 0.1) is 12.8 Å². The zero-order valence-corrected chi connectivity index (χ0v) is 37.4. The number of aromatic hydroxyl groups is 1. The lowest BCUT2D eigenvalue weighted by atomic mass is 10.0. The molecular weight excluding hydrogens is 743 g/mol. The van der Waals surface area contributed by atoms with Crippen molar-refractivity contribution in [2.24, 2.45) is 5.92 Å². The monoisotopic (exact) mass is 820 g/mol. The van der Waals surface area contributed by atoms with Gasteiger partial charge in [-0.3, -0.25) is 0 Å². The Morgan fingerprint density at radius 2 is 1.56 bits per heavy atom. The van der Waals surface area contributed by atoms with E-state index in [1.807, 2.05) is 13.8 Å². The summed E-state index contributed by atoms with van der Waals surface area (Å²) in [6.07, 6.45) is 23.1. The number of benzene rings is 2. The second kappa shape index (κ2) is 34.4. The fourth-order valence-corrected chi connectivity index (χ4v) is 5.59. The highest BCUT2D eigenvalue weighted by Crippen LogP contribution is 2.41. The van der Waals surface area contributed by atoms with Crippen LogP contribution in [-0.2, 0) is 21.8 Å². The highest BCUT2D eigenvalue weighted by molar-refractivity contribution is 7.17. The van der Waals surface area contributed by atoms with Gasteiger partial charge in [-0.1, -0.05) is 92.6 Å². The second-order valence-electron chi connectivity index (χ2n) is 14.0. The summed E-state index contributed by atoms with van der Waals surface area (Å²) in [5.74, 6) is 0.775. The van der Waals surface area contributed by atoms with E-state index in [0.29, 0.717) is 11.6 Å². The summed E-state index contributed by atoms with van der Waals surface area (Å²) in [4.78, 5) is 19.3. The number of nitrogens with zero attached hydrogens (tertiary/aromatic N) is 2. The van der Waals surface area contributed by atoms with E-state index in [4.69, 9.17) is 15.3 Å². The molecule has 2 heterocycles. The molecule has 2 aliphatic heterocycles. The molecule has 12 heteroatoms. The lowest BCUT2D eigenvalue weighted by Gasteiger charge is -2.29. The van der Waals surface area contributed by atoms with Gasteiger partial charge in [0.2, 0.25) is 0 Å². The SMILES string of the molecule is C=O.CC1CC1.CC=O.CCC.CNCc1ccccc1NC1CCN(O)CC1.C\C=C/C(=C\C=C\CC)N1CCCCC1.Cc1cc(O)c(N)c(C(F)(F)P)c1. The zero-order valence-electron chi connectivity index (χ0n) is 36.2. The number of hydroxylamine groups is 2. The quantitative estimate of drug-likeness (QED) is 0.0552. The number of nitrogen functional groups attached to an aromatic ring is 1. The van der Waals surface area contributed by atoms with E-state index in [9.17, 15) is 19.1 Å². The average Bonchev–Trinajstić information content (AvgIpc) is 3.98. The second-order valence-corrected chi connectivity index (χ2v) is 14.8. The molecule has 5 rings (SSSR count). The Morgan fingerprint density at radius 3 is 2.04 bits per heavy atom. The maximum atomic E-state index is 12.8. The van der Waals surface area contributed by atoms with Crippen LogP contribution in [0.4, 0.5) is 20.2 Å². The number of likely N-dealkylation sites (tertiary alicyclic amines) is 1. The molecular formula is C45H76F2N5O4P. The lowest BCUT2D eigenvalue weighted by Crippen LogP contribution is -2.37. The topological polar surface area (TPSA) is 131 Å². The molecule has 0 bridgehead atoms. The first-order valence-corrected chi connectivity index (χ1v) is 20.9. The van der Waals surface area contributed by atoms with Gasteiger partial charge in [0.15, 0.2) is 0 Å². The minimum Gasteiger partial charge on any atom is -0.506 e. The molecule has 0 aromatic heterocycles. The van der Waals surface area contributed by atoms with E-state index in [2.05, 4.69) is 105 Å². The number of anilines is 2.